The van der Waals surface area contributed by atoms with Crippen LogP contribution in [0.15, 0.2) is 30.3 Å². The summed E-state index contributed by atoms with van der Waals surface area (Å²) in [5.41, 5.74) is 9.44. The Hall–Kier alpha value is -1.78. The Bertz CT molecular complexity index is 558. The van der Waals surface area contributed by atoms with Gasteiger partial charge in [-0.3, -0.25) is 4.79 Å². The lowest BCUT2D eigenvalue weighted by Gasteiger charge is -1.97. The monoisotopic (exact) mass is 252 g/mol. The maximum Gasteiger partial charge on any atom is 0.447 e. The molecule has 90 valence electrons. The molecule has 0 fully saturated rings. The second-order valence-corrected chi connectivity index (χ2v) is 5.52. The van der Waals surface area contributed by atoms with E-state index in [1.807, 2.05) is 30.3 Å². The Kier molecular flexibility index (Phi) is 4.31. The van der Waals surface area contributed by atoms with Gasteiger partial charge in [-0.1, -0.05) is 30.3 Å². The predicted molar refractivity (Wildman–Crippen MR) is 63.2 cm³/mol. The van der Waals surface area contributed by atoms with Crippen LogP contribution in [-0.4, -0.2) is 30.3 Å². The summed E-state index contributed by atoms with van der Waals surface area (Å²) in [6, 6.07) is 9.18. The number of benzene rings is 1. The number of ketones is 1. The fourth-order valence-electron chi connectivity index (χ4n) is 1.35. The van der Waals surface area contributed by atoms with Gasteiger partial charge in [-0.2, -0.15) is 0 Å². The summed E-state index contributed by atoms with van der Waals surface area (Å²) in [5.74, 6) is -0.682. The smallest absolute Gasteiger partial charge is 0.360 e. The van der Waals surface area contributed by atoms with Crippen molar-refractivity contribution in [1.29, 1.82) is 0 Å². The fraction of sp³-hybridized carbons (Fsp3) is 0.273. The van der Waals surface area contributed by atoms with Gasteiger partial charge < -0.3 is 5.53 Å². The van der Waals surface area contributed by atoms with E-state index in [2.05, 4.69) is 4.79 Å². The Labute approximate surface area is 99.6 Å². The number of hydrogen-bond acceptors (Lipinski definition) is 3. The highest BCUT2D eigenvalue weighted by Gasteiger charge is 2.30. The van der Waals surface area contributed by atoms with E-state index in [9.17, 15) is 13.2 Å². The summed E-state index contributed by atoms with van der Waals surface area (Å²) < 4.78 is 22.2. The molecule has 1 aromatic rings. The normalized spacial score (nSPS) is 10.6. The van der Waals surface area contributed by atoms with Crippen molar-refractivity contribution in [3.05, 3.63) is 41.4 Å². The predicted octanol–water partition coefficient (Wildman–Crippen LogP) is 0.861. The van der Waals surface area contributed by atoms with Gasteiger partial charge in [0.1, 0.15) is 0 Å². The number of nitrogens with zero attached hydrogens (tertiary/aromatic N) is 2. The molecule has 0 atom stereocenters. The zero-order valence-corrected chi connectivity index (χ0v) is 10.1. The van der Waals surface area contributed by atoms with Crippen molar-refractivity contribution in [2.75, 3.05) is 6.26 Å². The molecule has 1 rings (SSSR count). The average Bonchev–Trinajstić information content (AvgIpc) is 2.27. The van der Waals surface area contributed by atoms with Crippen LogP contribution in [0.2, 0.25) is 0 Å². The van der Waals surface area contributed by atoms with Gasteiger partial charge in [-0.05, 0) is 12.0 Å². The number of carbonyl (C=O) groups excluding carboxylic acids is 1. The Balaban J connectivity index is 2.72. The standard InChI is InChI=1S/C11H12N2O3S/c1-17(15,16)11(13-12)10(14)8-7-9-5-3-2-4-6-9/h2-6H,7-8H2,1H3. The molecule has 0 spiro atoms. The van der Waals surface area contributed by atoms with Crippen LogP contribution in [0.3, 0.4) is 0 Å². The first-order chi connectivity index (χ1) is 7.95. The summed E-state index contributed by atoms with van der Waals surface area (Å²) in [4.78, 5) is 14.1. The van der Waals surface area contributed by atoms with Crippen LogP contribution in [0.1, 0.15) is 12.0 Å². The second kappa shape index (κ2) is 5.52. The molecule has 0 heterocycles. The van der Waals surface area contributed by atoms with Gasteiger partial charge in [0.2, 0.25) is 0 Å². The zero-order valence-electron chi connectivity index (χ0n) is 9.33. The molecule has 0 amide bonds. The van der Waals surface area contributed by atoms with Gasteiger partial charge >= 0.3 is 5.04 Å². The summed E-state index contributed by atoms with van der Waals surface area (Å²) in [6.45, 7) is 0. The number of hydrogen-bond donors (Lipinski definition) is 0. The van der Waals surface area contributed by atoms with Gasteiger partial charge in [0.05, 0.1) is 6.26 Å². The number of sulfone groups is 1. The van der Waals surface area contributed by atoms with E-state index < -0.39 is 20.7 Å². The highest BCUT2D eigenvalue weighted by Crippen LogP contribution is 2.04. The molecule has 0 bridgehead atoms. The number of carbonyl (C=O) groups is 1. The fourth-order valence-corrected chi connectivity index (χ4v) is 2.01. The van der Waals surface area contributed by atoms with Gasteiger partial charge in [-0.15, -0.1) is 4.79 Å². The lowest BCUT2D eigenvalue weighted by molar-refractivity contribution is -0.116. The Morgan fingerprint density at radius 1 is 1.29 bits per heavy atom. The van der Waals surface area contributed by atoms with Gasteiger partial charge in [0.15, 0.2) is 0 Å². The molecule has 0 saturated heterocycles. The third kappa shape index (κ3) is 3.94. The Morgan fingerprint density at radius 2 is 1.88 bits per heavy atom. The van der Waals surface area contributed by atoms with Gasteiger partial charge in [0, 0.05) is 6.42 Å². The summed E-state index contributed by atoms with van der Waals surface area (Å²) >= 11 is 0. The van der Waals surface area contributed by atoms with Gasteiger partial charge in [-0.25, -0.2) is 8.42 Å². The molecule has 0 unspecified atom stereocenters. The number of Topliss-reactive ketones (excluding diaryl/α,β-unsaturated/α-hetero) is 1. The molecular formula is C11H12N2O3S. The maximum absolute atomic E-state index is 11.5. The quantitative estimate of drug-likeness (QED) is 0.344. The molecule has 0 radical (unpaired) electrons. The average molecular weight is 252 g/mol. The van der Waals surface area contributed by atoms with Crippen molar-refractivity contribution in [3.63, 3.8) is 0 Å². The molecule has 0 aliphatic carbocycles. The lowest BCUT2D eigenvalue weighted by Crippen LogP contribution is -2.24. The van der Waals surface area contributed by atoms with Crippen LogP contribution >= 0.6 is 0 Å². The van der Waals surface area contributed by atoms with Crippen LogP contribution in [-0.2, 0) is 21.1 Å². The Morgan fingerprint density at radius 3 is 2.35 bits per heavy atom. The molecule has 0 N–H and O–H groups in total. The third-order valence-corrected chi connectivity index (χ3v) is 3.18. The highest BCUT2D eigenvalue weighted by atomic mass is 32.2. The van der Waals surface area contributed by atoms with Crippen molar-refractivity contribution in [2.45, 2.75) is 12.8 Å². The minimum absolute atomic E-state index is 0.00350. The van der Waals surface area contributed by atoms with Crippen LogP contribution in [0.4, 0.5) is 0 Å². The second-order valence-electron chi connectivity index (χ2n) is 3.59. The molecule has 0 aliphatic heterocycles. The largest absolute Gasteiger partial charge is 0.447 e. The van der Waals surface area contributed by atoms with E-state index in [1.54, 1.807) is 0 Å². The van der Waals surface area contributed by atoms with Crippen molar-refractivity contribution in [2.24, 2.45) is 0 Å². The van der Waals surface area contributed by atoms with Crippen LogP contribution < -0.4 is 0 Å². The SMILES string of the molecule is CS(=O)(=O)C(=[N+]=[N-])C(=O)CCc1ccccc1. The summed E-state index contributed by atoms with van der Waals surface area (Å²) in [5, 5.41) is -0.784. The lowest BCUT2D eigenvalue weighted by atomic mass is 10.1. The molecule has 1 aromatic carbocycles. The van der Waals surface area contributed by atoms with E-state index >= 15 is 0 Å². The minimum atomic E-state index is -3.77. The molecule has 0 aliphatic rings. The van der Waals surface area contributed by atoms with E-state index in [0.29, 0.717) is 6.42 Å². The third-order valence-electron chi connectivity index (χ3n) is 2.16. The van der Waals surface area contributed by atoms with E-state index in [4.69, 9.17) is 5.53 Å². The molecule has 0 saturated carbocycles. The van der Waals surface area contributed by atoms with Crippen molar-refractivity contribution in [1.82, 2.24) is 0 Å². The summed E-state index contributed by atoms with van der Waals surface area (Å²) in [7, 11) is -3.77. The van der Waals surface area contributed by atoms with Crippen molar-refractivity contribution in [3.8, 4) is 0 Å². The zero-order chi connectivity index (χ0) is 12.9. The van der Waals surface area contributed by atoms with Crippen LogP contribution in [0, 0.1) is 0 Å². The maximum atomic E-state index is 11.5. The van der Waals surface area contributed by atoms with Crippen molar-refractivity contribution >= 4 is 20.7 Å². The van der Waals surface area contributed by atoms with E-state index in [-0.39, 0.29) is 6.42 Å². The van der Waals surface area contributed by atoms with Crippen LogP contribution in [0.5, 0.6) is 0 Å². The highest BCUT2D eigenvalue weighted by molar-refractivity contribution is 8.07. The minimum Gasteiger partial charge on any atom is -0.360 e. The molecule has 0 aromatic heterocycles. The van der Waals surface area contributed by atoms with E-state index in [1.165, 1.54) is 0 Å². The molecular weight excluding hydrogens is 240 g/mol. The first-order valence-corrected chi connectivity index (χ1v) is 6.83. The topological polar surface area (TPSA) is 87.6 Å². The molecule has 6 heteroatoms. The van der Waals surface area contributed by atoms with E-state index in [0.717, 1.165) is 11.8 Å². The molecule has 17 heavy (non-hydrogen) atoms. The first kappa shape index (κ1) is 13.3. The summed E-state index contributed by atoms with van der Waals surface area (Å²) in [6.07, 6.45) is 1.24. The van der Waals surface area contributed by atoms with Crippen molar-refractivity contribution < 1.29 is 18.0 Å². The number of aryl methyl sites for hydroxylation is 1. The number of rotatable bonds is 4. The molecule has 5 nitrogen and oxygen atoms in total. The van der Waals surface area contributed by atoms with Crippen LogP contribution in [0.25, 0.3) is 5.53 Å². The first-order valence-electron chi connectivity index (χ1n) is 4.94. The van der Waals surface area contributed by atoms with Gasteiger partial charge in [0.25, 0.3) is 15.6 Å².